The van der Waals surface area contributed by atoms with E-state index in [0.29, 0.717) is 23.6 Å². The fourth-order valence-electron chi connectivity index (χ4n) is 2.89. The molecule has 0 aliphatic heterocycles. The summed E-state index contributed by atoms with van der Waals surface area (Å²) in [6, 6.07) is 7.52. The molecule has 0 bridgehead atoms. The van der Waals surface area contributed by atoms with E-state index < -0.39 is 0 Å². The Labute approximate surface area is 152 Å². The van der Waals surface area contributed by atoms with Gasteiger partial charge in [-0.15, -0.1) is 0 Å². The van der Waals surface area contributed by atoms with Gasteiger partial charge in [-0.25, -0.2) is 0 Å². The molecule has 0 amide bonds. The Morgan fingerprint density at radius 2 is 1.62 bits per heavy atom. The van der Waals surface area contributed by atoms with Crippen molar-refractivity contribution in [2.24, 2.45) is 5.73 Å². The van der Waals surface area contributed by atoms with E-state index in [1.165, 1.54) is 18.2 Å². The third-order valence-corrected chi connectivity index (χ3v) is 4.27. The molecule has 0 unspecified atom stereocenters. The van der Waals surface area contributed by atoms with Crippen molar-refractivity contribution >= 4 is 17.3 Å². The van der Waals surface area contributed by atoms with Crippen LogP contribution in [0.25, 0.3) is 0 Å². The van der Waals surface area contributed by atoms with E-state index in [2.05, 4.69) is 12.2 Å². The summed E-state index contributed by atoms with van der Waals surface area (Å²) in [7, 11) is 0. The molecule has 0 atom stereocenters. The second-order valence-electron chi connectivity index (χ2n) is 6.22. The number of allylic oxidation sites excluding steroid dienone is 6. The number of nitrogens with two attached hydrogens (primary N) is 1. The topological polar surface area (TPSA) is 81.4 Å². The zero-order valence-electron chi connectivity index (χ0n) is 14.7. The molecule has 0 spiro atoms. The lowest BCUT2D eigenvalue weighted by atomic mass is 9.86. The standard InChI is InChI=1S/C21H22N2O3/c1-2-3-4-13-26-15-7-5-14(6-8-15)23-17-10-12-18(24)20-16(22)9-11-19(25)21(17)20/h5-12,23H,2-4,13,22H2,1H3. The van der Waals surface area contributed by atoms with E-state index in [1.807, 2.05) is 24.3 Å². The number of ether oxygens (including phenoxy) is 1. The molecule has 0 saturated carbocycles. The van der Waals surface area contributed by atoms with E-state index in [4.69, 9.17) is 10.5 Å². The first-order valence-electron chi connectivity index (χ1n) is 8.79. The molecule has 3 rings (SSSR count). The Hall–Kier alpha value is -3.08. The fourth-order valence-corrected chi connectivity index (χ4v) is 2.89. The van der Waals surface area contributed by atoms with Gasteiger partial charge in [-0.1, -0.05) is 19.8 Å². The lowest BCUT2D eigenvalue weighted by Crippen LogP contribution is -2.24. The number of anilines is 1. The monoisotopic (exact) mass is 350 g/mol. The van der Waals surface area contributed by atoms with Gasteiger partial charge in [0.2, 0.25) is 0 Å². The summed E-state index contributed by atoms with van der Waals surface area (Å²) < 4.78 is 5.70. The highest BCUT2D eigenvalue weighted by Crippen LogP contribution is 2.29. The summed E-state index contributed by atoms with van der Waals surface area (Å²) in [4.78, 5) is 24.4. The Balaban J connectivity index is 1.76. The van der Waals surface area contributed by atoms with Gasteiger partial charge in [0.25, 0.3) is 0 Å². The Bertz CT molecular complexity index is 843. The van der Waals surface area contributed by atoms with Gasteiger partial charge >= 0.3 is 0 Å². The van der Waals surface area contributed by atoms with Crippen molar-refractivity contribution < 1.29 is 14.3 Å². The Morgan fingerprint density at radius 3 is 2.35 bits per heavy atom. The van der Waals surface area contributed by atoms with Gasteiger partial charge in [0.15, 0.2) is 11.6 Å². The highest BCUT2D eigenvalue weighted by atomic mass is 16.5. The summed E-state index contributed by atoms with van der Waals surface area (Å²) in [6.45, 7) is 2.86. The van der Waals surface area contributed by atoms with Gasteiger partial charge in [0, 0.05) is 11.4 Å². The fraction of sp³-hybridized carbons (Fsp3) is 0.238. The number of nitrogens with one attached hydrogen (secondary N) is 1. The van der Waals surface area contributed by atoms with Crippen molar-refractivity contribution in [3.8, 4) is 5.75 Å². The lowest BCUT2D eigenvalue weighted by molar-refractivity contribution is -0.114. The zero-order chi connectivity index (χ0) is 18.5. The zero-order valence-corrected chi connectivity index (χ0v) is 14.7. The minimum atomic E-state index is -0.253. The predicted octanol–water partition coefficient (Wildman–Crippen LogP) is 3.41. The summed E-state index contributed by atoms with van der Waals surface area (Å²) in [6.07, 6.45) is 9.25. The van der Waals surface area contributed by atoms with Gasteiger partial charge in [-0.05, 0) is 55.0 Å². The molecule has 0 aromatic heterocycles. The normalized spacial score (nSPS) is 16.2. The highest BCUT2D eigenvalue weighted by Gasteiger charge is 2.29. The van der Waals surface area contributed by atoms with Crippen LogP contribution in [0.3, 0.4) is 0 Å². The number of carbonyl (C=O) groups excluding carboxylic acids is 2. The molecule has 0 heterocycles. The average molecular weight is 350 g/mol. The van der Waals surface area contributed by atoms with Gasteiger partial charge in [-0.2, -0.15) is 0 Å². The minimum Gasteiger partial charge on any atom is -0.494 e. The van der Waals surface area contributed by atoms with Gasteiger partial charge in [-0.3, -0.25) is 9.59 Å². The molecule has 3 N–H and O–H groups in total. The average Bonchev–Trinajstić information content (AvgIpc) is 2.65. The summed E-state index contributed by atoms with van der Waals surface area (Å²) in [5.74, 6) is 0.321. The van der Waals surface area contributed by atoms with Crippen LogP contribution >= 0.6 is 0 Å². The van der Waals surface area contributed by atoms with Crippen molar-refractivity contribution in [3.63, 3.8) is 0 Å². The number of hydrogen-bond acceptors (Lipinski definition) is 5. The van der Waals surface area contributed by atoms with Crippen molar-refractivity contribution in [1.29, 1.82) is 0 Å². The van der Waals surface area contributed by atoms with Gasteiger partial charge in [0.1, 0.15) is 5.75 Å². The minimum absolute atomic E-state index is 0.231. The number of fused-ring (bicyclic) bond motifs is 1. The molecule has 1 aromatic rings. The number of unbranched alkanes of at least 4 members (excludes halogenated alkanes) is 2. The highest BCUT2D eigenvalue weighted by molar-refractivity contribution is 6.23. The maximum absolute atomic E-state index is 12.3. The molecule has 26 heavy (non-hydrogen) atoms. The molecule has 2 aliphatic rings. The van der Waals surface area contributed by atoms with E-state index in [9.17, 15) is 9.59 Å². The van der Waals surface area contributed by atoms with Crippen LogP contribution in [0.4, 0.5) is 5.69 Å². The number of carbonyl (C=O) groups is 2. The number of ketones is 2. The predicted molar refractivity (Wildman–Crippen MR) is 102 cm³/mol. The molecule has 1 aromatic carbocycles. The van der Waals surface area contributed by atoms with Crippen LogP contribution in [0.15, 0.2) is 71.1 Å². The third kappa shape index (κ3) is 3.77. The molecule has 0 radical (unpaired) electrons. The summed E-state index contributed by atoms with van der Waals surface area (Å²) in [5, 5.41) is 3.20. The first-order chi connectivity index (χ1) is 12.6. The maximum atomic E-state index is 12.3. The van der Waals surface area contributed by atoms with Crippen LogP contribution in [0, 0.1) is 0 Å². The van der Waals surface area contributed by atoms with Gasteiger partial charge < -0.3 is 15.8 Å². The third-order valence-electron chi connectivity index (χ3n) is 4.27. The van der Waals surface area contributed by atoms with Crippen LogP contribution in [0.2, 0.25) is 0 Å². The maximum Gasteiger partial charge on any atom is 0.188 e. The van der Waals surface area contributed by atoms with Crippen LogP contribution in [0.5, 0.6) is 5.75 Å². The van der Waals surface area contributed by atoms with Crippen LogP contribution in [-0.4, -0.2) is 18.2 Å². The molecule has 0 saturated heterocycles. The van der Waals surface area contributed by atoms with Crippen LogP contribution in [0.1, 0.15) is 26.2 Å². The number of benzene rings is 1. The van der Waals surface area contributed by atoms with Crippen LogP contribution in [-0.2, 0) is 9.59 Å². The Kier molecular flexibility index (Phi) is 5.37. The van der Waals surface area contributed by atoms with E-state index in [0.717, 1.165) is 30.7 Å². The molecular weight excluding hydrogens is 328 g/mol. The first-order valence-corrected chi connectivity index (χ1v) is 8.79. The smallest absolute Gasteiger partial charge is 0.188 e. The quantitative estimate of drug-likeness (QED) is 0.737. The molecule has 2 aliphatic carbocycles. The van der Waals surface area contributed by atoms with Crippen molar-refractivity contribution in [2.75, 3.05) is 11.9 Å². The molecule has 0 fully saturated rings. The SMILES string of the molecule is CCCCCOc1ccc(NC2=C3C(=O)C=CC(N)=C3C(=O)C=C2)cc1. The Morgan fingerprint density at radius 1 is 0.923 bits per heavy atom. The van der Waals surface area contributed by atoms with E-state index in [-0.39, 0.29) is 17.1 Å². The lowest BCUT2D eigenvalue weighted by Gasteiger charge is -2.21. The molecule has 5 heteroatoms. The molecular formula is C21H22N2O3. The van der Waals surface area contributed by atoms with Crippen molar-refractivity contribution in [1.82, 2.24) is 0 Å². The largest absolute Gasteiger partial charge is 0.494 e. The molecule has 134 valence electrons. The number of hydrogen-bond donors (Lipinski definition) is 2. The second kappa shape index (κ2) is 7.87. The van der Waals surface area contributed by atoms with Crippen molar-refractivity contribution in [3.05, 3.63) is 71.1 Å². The van der Waals surface area contributed by atoms with E-state index >= 15 is 0 Å². The number of rotatable bonds is 7. The van der Waals surface area contributed by atoms with Gasteiger partial charge in [0.05, 0.1) is 23.5 Å². The van der Waals surface area contributed by atoms with Crippen molar-refractivity contribution in [2.45, 2.75) is 26.2 Å². The van der Waals surface area contributed by atoms with Crippen LogP contribution < -0.4 is 15.8 Å². The van der Waals surface area contributed by atoms with E-state index in [1.54, 1.807) is 6.08 Å². The summed E-state index contributed by atoms with van der Waals surface area (Å²) >= 11 is 0. The summed E-state index contributed by atoms with van der Waals surface area (Å²) in [5.41, 5.74) is 8.14. The second-order valence-corrected chi connectivity index (χ2v) is 6.22. The first kappa shape index (κ1) is 17.7. The molecule has 5 nitrogen and oxygen atoms in total.